The van der Waals surface area contributed by atoms with E-state index < -0.39 is 0 Å². The summed E-state index contributed by atoms with van der Waals surface area (Å²) < 4.78 is 14.0. The Kier molecular flexibility index (Phi) is 4.99. The van der Waals surface area contributed by atoms with Crippen LogP contribution in [0.3, 0.4) is 0 Å². The fourth-order valence-corrected chi connectivity index (χ4v) is 2.97. The van der Waals surface area contributed by atoms with Gasteiger partial charge in [-0.05, 0) is 36.6 Å². The average Bonchev–Trinajstić information content (AvgIpc) is 2.53. The Morgan fingerprint density at radius 3 is 2.47 bits per heavy atom. The number of hydrogen-bond donors (Lipinski definition) is 1. The predicted molar refractivity (Wildman–Crippen MR) is 72.4 cm³/mol. The lowest BCUT2D eigenvalue weighted by Crippen LogP contribution is -2.27. The smallest absolute Gasteiger partial charge is 0.124 e. The van der Waals surface area contributed by atoms with Crippen LogP contribution in [0.2, 0.25) is 0 Å². The zero-order valence-corrected chi connectivity index (χ0v) is 11.6. The Bertz CT molecular complexity index is 339. The maximum atomic E-state index is 13.2. The molecule has 2 rings (SSSR count). The van der Waals surface area contributed by atoms with Crippen LogP contribution in [-0.4, -0.2) is 6.04 Å². The summed E-state index contributed by atoms with van der Waals surface area (Å²) in [6.45, 7) is 0.765. The van der Waals surface area contributed by atoms with Crippen LogP contribution in [0.15, 0.2) is 22.7 Å². The van der Waals surface area contributed by atoms with Crippen molar-refractivity contribution in [3.63, 3.8) is 0 Å². The van der Waals surface area contributed by atoms with E-state index in [1.807, 2.05) is 6.07 Å². The highest BCUT2D eigenvalue weighted by atomic mass is 79.9. The molecule has 1 aromatic carbocycles. The first-order valence-corrected chi connectivity index (χ1v) is 7.22. The second-order valence-electron chi connectivity index (χ2n) is 4.85. The van der Waals surface area contributed by atoms with Crippen LogP contribution in [0.1, 0.15) is 44.1 Å². The normalized spacial score (nSPS) is 18.0. The molecule has 1 saturated carbocycles. The minimum Gasteiger partial charge on any atom is -0.310 e. The topological polar surface area (TPSA) is 12.0 Å². The van der Waals surface area contributed by atoms with Crippen LogP contribution in [0.5, 0.6) is 0 Å². The highest BCUT2D eigenvalue weighted by Gasteiger charge is 2.11. The summed E-state index contributed by atoms with van der Waals surface area (Å²) in [6, 6.07) is 5.69. The van der Waals surface area contributed by atoms with Gasteiger partial charge in [0.25, 0.3) is 0 Å². The van der Waals surface area contributed by atoms with E-state index in [0.717, 1.165) is 16.6 Å². The summed E-state index contributed by atoms with van der Waals surface area (Å²) in [6.07, 6.45) is 7.90. The molecule has 94 valence electrons. The molecular formula is C14H19BrFN. The predicted octanol–water partition coefficient (Wildman–Crippen LogP) is 4.40. The van der Waals surface area contributed by atoms with Crippen molar-refractivity contribution < 1.29 is 4.39 Å². The van der Waals surface area contributed by atoms with Gasteiger partial charge in [0.1, 0.15) is 5.82 Å². The molecule has 0 bridgehead atoms. The van der Waals surface area contributed by atoms with Gasteiger partial charge in [-0.15, -0.1) is 0 Å². The van der Waals surface area contributed by atoms with E-state index in [9.17, 15) is 4.39 Å². The van der Waals surface area contributed by atoms with E-state index in [2.05, 4.69) is 21.2 Å². The van der Waals surface area contributed by atoms with E-state index >= 15 is 0 Å². The van der Waals surface area contributed by atoms with Gasteiger partial charge in [0.15, 0.2) is 0 Å². The van der Waals surface area contributed by atoms with Crippen molar-refractivity contribution in [3.8, 4) is 0 Å². The molecule has 1 aromatic rings. The Morgan fingerprint density at radius 1 is 1.12 bits per heavy atom. The standard InChI is InChI=1S/C14H19BrFN/c15-12-7-11(8-13(16)9-12)10-17-14-5-3-1-2-4-6-14/h7-9,14,17H,1-6,10H2. The Morgan fingerprint density at radius 2 is 1.82 bits per heavy atom. The first-order chi connectivity index (χ1) is 8.24. The zero-order chi connectivity index (χ0) is 12.1. The lowest BCUT2D eigenvalue weighted by molar-refractivity contribution is 0.458. The summed E-state index contributed by atoms with van der Waals surface area (Å²) in [5, 5.41) is 3.54. The maximum absolute atomic E-state index is 13.2. The van der Waals surface area contributed by atoms with Crippen molar-refractivity contribution in [1.82, 2.24) is 5.32 Å². The number of halogens is 2. The molecule has 0 radical (unpaired) electrons. The molecule has 1 aliphatic carbocycles. The van der Waals surface area contributed by atoms with E-state index in [1.165, 1.54) is 44.6 Å². The van der Waals surface area contributed by atoms with Crippen LogP contribution < -0.4 is 5.32 Å². The summed E-state index contributed by atoms with van der Waals surface area (Å²) in [7, 11) is 0. The highest BCUT2D eigenvalue weighted by molar-refractivity contribution is 9.10. The Balaban J connectivity index is 1.87. The first kappa shape index (κ1) is 13.0. The van der Waals surface area contributed by atoms with Gasteiger partial charge < -0.3 is 5.32 Å². The molecule has 3 heteroatoms. The van der Waals surface area contributed by atoms with Gasteiger partial charge in [0.2, 0.25) is 0 Å². The third-order valence-corrected chi connectivity index (χ3v) is 3.83. The number of nitrogens with one attached hydrogen (secondary N) is 1. The Labute approximate surface area is 111 Å². The molecule has 1 aliphatic rings. The van der Waals surface area contributed by atoms with Crippen molar-refractivity contribution >= 4 is 15.9 Å². The van der Waals surface area contributed by atoms with Gasteiger partial charge in [-0.2, -0.15) is 0 Å². The van der Waals surface area contributed by atoms with Crippen LogP contribution in [-0.2, 0) is 6.54 Å². The van der Waals surface area contributed by atoms with E-state index in [1.54, 1.807) is 6.07 Å². The molecule has 0 atom stereocenters. The van der Waals surface area contributed by atoms with E-state index in [4.69, 9.17) is 0 Å². The minimum absolute atomic E-state index is 0.169. The summed E-state index contributed by atoms with van der Waals surface area (Å²) in [4.78, 5) is 0. The van der Waals surface area contributed by atoms with Gasteiger partial charge in [-0.3, -0.25) is 0 Å². The van der Waals surface area contributed by atoms with Gasteiger partial charge >= 0.3 is 0 Å². The number of benzene rings is 1. The van der Waals surface area contributed by atoms with Gasteiger partial charge in [0, 0.05) is 17.1 Å². The van der Waals surface area contributed by atoms with Crippen molar-refractivity contribution in [2.24, 2.45) is 0 Å². The molecule has 0 unspecified atom stereocenters. The average molecular weight is 300 g/mol. The number of hydrogen-bond acceptors (Lipinski definition) is 1. The second-order valence-corrected chi connectivity index (χ2v) is 5.76. The van der Waals surface area contributed by atoms with Crippen LogP contribution >= 0.6 is 15.9 Å². The zero-order valence-electron chi connectivity index (χ0n) is 10.0. The quantitative estimate of drug-likeness (QED) is 0.816. The molecule has 0 aromatic heterocycles. The third kappa shape index (κ3) is 4.40. The fraction of sp³-hybridized carbons (Fsp3) is 0.571. The van der Waals surface area contributed by atoms with Crippen LogP contribution in [0.25, 0.3) is 0 Å². The summed E-state index contributed by atoms with van der Waals surface area (Å²) in [5.74, 6) is -0.169. The van der Waals surface area contributed by atoms with Gasteiger partial charge in [-0.1, -0.05) is 41.6 Å². The fourth-order valence-electron chi connectivity index (χ4n) is 2.46. The molecule has 0 heterocycles. The first-order valence-electron chi connectivity index (χ1n) is 6.42. The maximum Gasteiger partial charge on any atom is 0.124 e. The van der Waals surface area contributed by atoms with Crippen molar-refractivity contribution in [2.75, 3.05) is 0 Å². The van der Waals surface area contributed by atoms with Crippen LogP contribution in [0.4, 0.5) is 4.39 Å². The number of rotatable bonds is 3. The second kappa shape index (κ2) is 6.50. The SMILES string of the molecule is Fc1cc(Br)cc(CNC2CCCCCC2)c1. The summed E-state index contributed by atoms with van der Waals surface area (Å²) >= 11 is 3.32. The molecule has 0 amide bonds. The molecule has 1 fully saturated rings. The molecule has 0 aliphatic heterocycles. The van der Waals surface area contributed by atoms with E-state index in [-0.39, 0.29) is 5.82 Å². The largest absolute Gasteiger partial charge is 0.310 e. The lowest BCUT2D eigenvalue weighted by atomic mass is 10.1. The Hall–Kier alpha value is -0.410. The van der Waals surface area contributed by atoms with Crippen molar-refractivity contribution in [2.45, 2.75) is 51.1 Å². The van der Waals surface area contributed by atoms with Crippen molar-refractivity contribution in [3.05, 3.63) is 34.1 Å². The molecule has 0 saturated heterocycles. The van der Waals surface area contributed by atoms with E-state index in [0.29, 0.717) is 6.04 Å². The molecule has 1 nitrogen and oxygen atoms in total. The minimum atomic E-state index is -0.169. The van der Waals surface area contributed by atoms with Gasteiger partial charge in [-0.25, -0.2) is 4.39 Å². The molecular weight excluding hydrogens is 281 g/mol. The highest BCUT2D eigenvalue weighted by Crippen LogP contribution is 2.19. The van der Waals surface area contributed by atoms with Gasteiger partial charge in [0.05, 0.1) is 0 Å². The van der Waals surface area contributed by atoms with Crippen molar-refractivity contribution in [1.29, 1.82) is 0 Å². The summed E-state index contributed by atoms with van der Waals surface area (Å²) in [5.41, 5.74) is 1.01. The third-order valence-electron chi connectivity index (χ3n) is 3.37. The molecule has 17 heavy (non-hydrogen) atoms. The molecule has 0 spiro atoms. The lowest BCUT2D eigenvalue weighted by Gasteiger charge is -2.16. The monoisotopic (exact) mass is 299 g/mol. The van der Waals surface area contributed by atoms with Crippen LogP contribution in [0, 0.1) is 5.82 Å². The molecule has 1 N–H and O–H groups in total.